The smallest absolute Gasteiger partial charge is 0.0297 e. The summed E-state index contributed by atoms with van der Waals surface area (Å²) in [4.78, 5) is 0. The van der Waals surface area contributed by atoms with Crippen LogP contribution in [0.4, 0.5) is 0 Å². The highest BCUT2D eigenvalue weighted by Gasteiger charge is 2.10. The molecule has 0 aliphatic heterocycles. The van der Waals surface area contributed by atoms with Crippen molar-refractivity contribution in [1.29, 1.82) is 0 Å². The molecule has 0 aliphatic carbocycles. The summed E-state index contributed by atoms with van der Waals surface area (Å²) in [5, 5.41) is 3.64. The molecule has 0 unspecified atom stereocenters. The summed E-state index contributed by atoms with van der Waals surface area (Å²) in [7, 11) is 0. The zero-order valence-corrected chi connectivity index (χ0v) is 11.8. The molecule has 0 saturated heterocycles. The topological polar surface area (TPSA) is 12.0 Å². The van der Waals surface area contributed by atoms with Crippen molar-refractivity contribution in [3.05, 3.63) is 78.2 Å². The molecule has 0 aromatic heterocycles. The third-order valence-corrected chi connectivity index (χ3v) is 3.54. The molecule has 2 aromatic carbocycles. The lowest BCUT2D eigenvalue weighted by atomic mass is 10.0. The van der Waals surface area contributed by atoms with Gasteiger partial charge in [-0.1, -0.05) is 54.6 Å². The molecule has 0 spiro atoms. The highest BCUT2D eigenvalue weighted by atomic mass is 14.9. The molecular formula is C18H22N. The van der Waals surface area contributed by atoms with E-state index in [4.69, 9.17) is 0 Å². The molecule has 2 atom stereocenters. The van der Waals surface area contributed by atoms with Crippen LogP contribution in [0.3, 0.4) is 0 Å². The normalized spacial score (nSPS) is 14.1. The van der Waals surface area contributed by atoms with Gasteiger partial charge in [0.2, 0.25) is 0 Å². The third kappa shape index (κ3) is 3.68. The molecule has 0 heterocycles. The van der Waals surface area contributed by atoms with Crippen LogP contribution in [0.15, 0.2) is 54.6 Å². The molecule has 1 nitrogen and oxygen atoms in total. The molecule has 2 aromatic rings. The average molecular weight is 252 g/mol. The van der Waals surface area contributed by atoms with Gasteiger partial charge in [0.1, 0.15) is 0 Å². The van der Waals surface area contributed by atoms with Crippen molar-refractivity contribution >= 4 is 0 Å². The first-order valence-electron chi connectivity index (χ1n) is 6.90. The van der Waals surface area contributed by atoms with E-state index in [2.05, 4.69) is 80.7 Å². The van der Waals surface area contributed by atoms with Crippen molar-refractivity contribution in [3.63, 3.8) is 0 Å². The number of hydrogen-bond donors (Lipinski definition) is 1. The van der Waals surface area contributed by atoms with E-state index in [9.17, 15) is 0 Å². The quantitative estimate of drug-likeness (QED) is 0.827. The van der Waals surface area contributed by atoms with Crippen molar-refractivity contribution in [2.24, 2.45) is 0 Å². The van der Waals surface area contributed by atoms with E-state index in [-0.39, 0.29) is 0 Å². The van der Waals surface area contributed by atoms with Crippen LogP contribution in [0.1, 0.15) is 42.6 Å². The van der Waals surface area contributed by atoms with Gasteiger partial charge in [0, 0.05) is 12.1 Å². The fraction of sp³-hybridized carbons (Fsp3) is 0.278. The minimum absolute atomic E-state index is 0.335. The first kappa shape index (κ1) is 13.8. The fourth-order valence-electron chi connectivity index (χ4n) is 2.33. The summed E-state index contributed by atoms with van der Waals surface area (Å²) in [6.07, 6.45) is 0.842. The monoisotopic (exact) mass is 252 g/mol. The number of rotatable bonds is 5. The lowest BCUT2D eigenvalue weighted by Crippen LogP contribution is -2.22. The maximum atomic E-state index is 3.94. The minimum atomic E-state index is 0.335. The second-order valence-corrected chi connectivity index (χ2v) is 5.02. The first-order chi connectivity index (χ1) is 9.20. The Bertz CT molecular complexity index is 504. The number of benzene rings is 2. The van der Waals surface area contributed by atoms with E-state index in [1.54, 1.807) is 0 Å². The molecule has 19 heavy (non-hydrogen) atoms. The predicted octanol–water partition coefficient (Wildman–Crippen LogP) is 4.47. The van der Waals surface area contributed by atoms with Gasteiger partial charge in [-0.15, -0.1) is 0 Å². The Morgan fingerprint density at radius 3 is 2.21 bits per heavy atom. The van der Waals surface area contributed by atoms with Gasteiger partial charge < -0.3 is 5.32 Å². The largest absolute Gasteiger partial charge is 0.304 e. The first-order valence-corrected chi connectivity index (χ1v) is 6.90. The van der Waals surface area contributed by atoms with Gasteiger partial charge in [0.25, 0.3) is 0 Å². The molecule has 2 rings (SSSR count). The van der Waals surface area contributed by atoms with Crippen LogP contribution in [0, 0.1) is 6.92 Å². The van der Waals surface area contributed by atoms with Crippen LogP contribution in [-0.4, -0.2) is 0 Å². The molecule has 1 radical (unpaired) electrons. The van der Waals surface area contributed by atoms with Crippen molar-refractivity contribution in [2.45, 2.75) is 32.4 Å². The Hall–Kier alpha value is -1.60. The van der Waals surface area contributed by atoms with Crippen molar-refractivity contribution in [1.82, 2.24) is 5.32 Å². The highest BCUT2D eigenvalue weighted by Crippen LogP contribution is 2.20. The third-order valence-electron chi connectivity index (χ3n) is 3.54. The molecule has 0 bridgehead atoms. The summed E-state index contributed by atoms with van der Waals surface area (Å²) in [5.74, 6) is 0. The summed E-state index contributed by atoms with van der Waals surface area (Å²) >= 11 is 0. The van der Waals surface area contributed by atoms with E-state index in [1.165, 1.54) is 16.7 Å². The molecule has 1 N–H and O–H groups in total. The van der Waals surface area contributed by atoms with E-state index >= 15 is 0 Å². The van der Waals surface area contributed by atoms with Crippen LogP contribution in [0.2, 0.25) is 0 Å². The van der Waals surface area contributed by atoms with Gasteiger partial charge in [-0.05, 0) is 43.9 Å². The SMILES string of the molecule is [CH2]Cc1cccc([C@H](C)N[C@@H](C)c2ccccc2)c1. The van der Waals surface area contributed by atoms with Gasteiger partial charge in [-0.2, -0.15) is 0 Å². The predicted molar refractivity (Wildman–Crippen MR) is 81.9 cm³/mol. The lowest BCUT2D eigenvalue weighted by Gasteiger charge is -2.21. The molecule has 0 saturated carbocycles. The zero-order valence-electron chi connectivity index (χ0n) is 11.8. The summed E-state index contributed by atoms with van der Waals surface area (Å²) in [6, 6.07) is 19.9. The minimum Gasteiger partial charge on any atom is -0.304 e. The second-order valence-electron chi connectivity index (χ2n) is 5.02. The van der Waals surface area contributed by atoms with E-state index in [0.29, 0.717) is 12.1 Å². The molecule has 0 aliphatic rings. The van der Waals surface area contributed by atoms with Gasteiger partial charge in [-0.25, -0.2) is 0 Å². The lowest BCUT2D eigenvalue weighted by molar-refractivity contribution is 0.494. The maximum absolute atomic E-state index is 3.94. The van der Waals surface area contributed by atoms with Crippen molar-refractivity contribution in [3.8, 4) is 0 Å². The van der Waals surface area contributed by atoms with Gasteiger partial charge in [0.05, 0.1) is 0 Å². The van der Waals surface area contributed by atoms with Gasteiger partial charge >= 0.3 is 0 Å². The van der Waals surface area contributed by atoms with Crippen LogP contribution < -0.4 is 5.32 Å². The zero-order chi connectivity index (χ0) is 13.7. The summed E-state index contributed by atoms with van der Waals surface area (Å²) < 4.78 is 0. The maximum Gasteiger partial charge on any atom is 0.0297 e. The van der Waals surface area contributed by atoms with Crippen molar-refractivity contribution in [2.75, 3.05) is 0 Å². The Labute approximate surface area is 116 Å². The number of nitrogens with one attached hydrogen (secondary N) is 1. The van der Waals surface area contributed by atoms with Crippen molar-refractivity contribution < 1.29 is 0 Å². The Balaban J connectivity index is 2.06. The van der Waals surface area contributed by atoms with Crippen LogP contribution >= 0.6 is 0 Å². The molecule has 0 fully saturated rings. The van der Waals surface area contributed by atoms with Crippen LogP contribution in [0.25, 0.3) is 0 Å². The van der Waals surface area contributed by atoms with Gasteiger partial charge in [-0.3, -0.25) is 0 Å². The average Bonchev–Trinajstić information content (AvgIpc) is 2.48. The van der Waals surface area contributed by atoms with Gasteiger partial charge in [0.15, 0.2) is 0 Å². The standard InChI is InChI=1S/C18H22N/c1-4-16-9-8-12-18(13-16)15(3)19-14(2)17-10-6-5-7-11-17/h5-15,19H,1,4H2,2-3H3/t14-,15-/m0/s1. The summed E-state index contributed by atoms with van der Waals surface area (Å²) in [6.45, 7) is 8.36. The Morgan fingerprint density at radius 1 is 0.895 bits per heavy atom. The summed E-state index contributed by atoms with van der Waals surface area (Å²) in [5.41, 5.74) is 3.94. The molecular weight excluding hydrogens is 230 g/mol. The van der Waals surface area contributed by atoms with Crippen LogP contribution in [0.5, 0.6) is 0 Å². The second kappa shape index (κ2) is 6.53. The van der Waals surface area contributed by atoms with E-state index in [1.807, 2.05) is 0 Å². The van der Waals surface area contributed by atoms with E-state index < -0.39 is 0 Å². The highest BCUT2D eigenvalue weighted by molar-refractivity contribution is 5.27. The molecule has 0 amide bonds. The molecule has 99 valence electrons. The Kier molecular flexibility index (Phi) is 4.75. The van der Waals surface area contributed by atoms with E-state index in [0.717, 1.165) is 6.42 Å². The molecule has 1 heteroatoms. The fourth-order valence-corrected chi connectivity index (χ4v) is 2.33. The Morgan fingerprint density at radius 2 is 1.53 bits per heavy atom. The van der Waals surface area contributed by atoms with Crippen LogP contribution in [-0.2, 0) is 6.42 Å². The number of hydrogen-bond acceptors (Lipinski definition) is 1.